The Balaban J connectivity index is 2.65. The second kappa shape index (κ2) is 5.64. The van der Waals surface area contributed by atoms with Crippen molar-refractivity contribution in [3.05, 3.63) is 29.8 Å². The SMILES string of the molecule is N#CCOc1ccc(C(N)CC#N)cc1. The summed E-state index contributed by atoms with van der Waals surface area (Å²) >= 11 is 0. The molecular formula is C11H11N3O. The number of hydrogen-bond donors (Lipinski definition) is 1. The summed E-state index contributed by atoms with van der Waals surface area (Å²) in [5.74, 6) is 0.629. The van der Waals surface area contributed by atoms with Crippen LogP contribution in [0.4, 0.5) is 0 Å². The maximum atomic E-state index is 8.48. The maximum absolute atomic E-state index is 8.48. The number of benzene rings is 1. The molecule has 0 aromatic heterocycles. The number of nitrogens with two attached hydrogens (primary N) is 1. The average molecular weight is 201 g/mol. The molecule has 1 aromatic carbocycles. The van der Waals surface area contributed by atoms with E-state index >= 15 is 0 Å². The van der Waals surface area contributed by atoms with Crippen molar-refractivity contribution >= 4 is 0 Å². The smallest absolute Gasteiger partial charge is 0.174 e. The van der Waals surface area contributed by atoms with Crippen LogP contribution in [0.15, 0.2) is 24.3 Å². The minimum atomic E-state index is -0.264. The van der Waals surface area contributed by atoms with E-state index < -0.39 is 0 Å². The van der Waals surface area contributed by atoms with E-state index in [0.717, 1.165) is 5.56 Å². The molecule has 0 heterocycles. The van der Waals surface area contributed by atoms with E-state index in [-0.39, 0.29) is 12.6 Å². The van der Waals surface area contributed by atoms with E-state index in [1.807, 2.05) is 12.1 Å². The molecule has 0 bridgehead atoms. The van der Waals surface area contributed by atoms with Crippen molar-refractivity contribution in [2.45, 2.75) is 12.5 Å². The van der Waals surface area contributed by atoms with Gasteiger partial charge in [0, 0.05) is 6.04 Å². The van der Waals surface area contributed by atoms with Gasteiger partial charge < -0.3 is 10.5 Å². The van der Waals surface area contributed by atoms with Gasteiger partial charge in [-0.2, -0.15) is 10.5 Å². The molecule has 0 aliphatic rings. The highest BCUT2D eigenvalue weighted by Gasteiger charge is 2.04. The molecule has 1 unspecified atom stereocenters. The highest BCUT2D eigenvalue weighted by Crippen LogP contribution is 2.17. The molecule has 1 atom stereocenters. The quantitative estimate of drug-likeness (QED) is 0.800. The fourth-order valence-corrected chi connectivity index (χ4v) is 1.14. The lowest BCUT2D eigenvalue weighted by Crippen LogP contribution is -2.08. The van der Waals surface area contributed by atoms with Crippen LogP contribution in [-0.4, -0.2) is 6.61 Å². The number of rotatable bonds is 4. The molecule has 0 saturated carbocycles. The van der Waals surface area contributed by atoms with Crippen LogP contribution in [0.5, 0.6) is 5.75 Å². The highest BCUT2D eigenvalue weighted by atomic mass is 16.5. The zero-order chi connectivity index (χ0) is 11.1. The van der Waals surface area contributed by atoms with Gasteiger partial charge in [0.15, 0.2) is 6.61 Å². The molecule has 4 nitrogen and oxygen atoms in total. The molecule has 0 amide bonds. The Morgan fingerprint density at radius 2 is 1.87 bits per heavy atom. The summed E-state index contributed by atoms with van der Waals surface area (Å²) in [6.45, 7) is 0.0313. The van der Waals surface area contributed by atoms with Gasteiger partial charge in [0.2, 0.25) is 0 Å². The van der Waals surface area contributed by atoms with Crippen LogP contribution in [-0.2, 0) is 0 Å². The van der Waals surface area contributed by atoms with Crippen LogP contribution in [0.25, 0.3) is 0 Å². The average Bonchev–Trinajstić information content (AvgIpc) is 2.27. The van der Waals surface area contributed by atoms with Crippen LogP contribution in [0.1, 0.15) is 18.0 Å². The predicted molar refractivity (Wildman–Crippen MR) is 54.7 cm³/mol. The van der Waals surface area contributed by atoms with Gasteiger partial charge in [-0.05, 0) is 17.7 Å². The Morgan fingerprint density at radius 1 is 1.20 bits per heavy atom. The number of nitriles is 2. The summed E-state index contributed by atoms with van der Waals surface area (Å²) < 4.78 is 5.08. The van der Waals surface area contributed by atoms with Gasteiger partial charge in [0.1, 0.15) is 11.8 Å². The lowest BCUT2D eigenvalue weighted by atomic mass is 10.1. The van der Waals surface area contributed by atoms with Gasteiger partial charge >= 0.3 is 0 Å². The van der Waals surface area contributed by atoms with Crippen molar-refractivity contribution in [2.24, 2.45) is 5.73 Å². The van der Waals surface area contributed by atoms with Gasteiger partial charge in [-0.15, -0.1) is 0 Å². The van der Waals surface area contributed by atoms with Crippen LogP contribution >= 0.6 is 0 Å². The van der Waals surface area contributed by atoms with Gasteiger partial charge in [-0.25, -0.2) is 0 Å². The molecule has 76 valence electrons. The lowest BCUT2D eigenvalue weighted by Gasteiger charge is -2.08. The molecule has 1 rings (SSSR count). The summed E-state index contributed by atoms with van der Waals surface area (Å²) in [6.07, 6.45) is 0.290. The van der Waals surface area contributed by atoms with Gasteiger partial charge in [0.05, 0.1) is 12.5 Å². The first-order valence-electron chi connectivity index (χ1n) is 4.50. The van der Waals surface area contributed by atoms with Gasteiger partial charge in [-0.3, -0.25) is 0 Å². The molecule has 0 fully saturated rings. The van der Waals surface area contributed by atoms with Gasteiger partial charge in [-0.1, -0.05) is 12.1 Å². The number of ether oxygens (including phenoxy) is 1. The Bertz CT molecular complexity index is 386. The van der Waals surface area contributed by atoms with Crippen molar-refractivity contribution < 1.29 is 4.74 Å². The van der Waals surface area contributed by atoms with Crippen LogP contribution < -0.4 is 10.5 Å². The summed E-state index contributed by atoms with van der Waals surface area (Å²) in [7, 11) is 0. The predicted octanol–water partition coefficient (Wildman–Crippen LogP) is 1.50. The molecule has 2 N–H and O–H groups in total. The first kappa shape index (κ1) is 11.0. The fraction of sp³-hybridized carbons (Fsp3) is 0.273. The van der Waals surface area contributed by atoms with Gasteiger partial charge in [0.25, 0.3) is 0 Å². The summed E-state index contributed by atoms with van der Waals surface area (Å²) in [5, 5.41) is 16.8. The summed E-state index contributed by atoms with van der Waals surface area (Å²) in [6, 6.07) is 10.7. The third kappa shape index (κ3) is 3.30. The van der Waals surface area contributed by atoms with Crippen molar-refractivity contribution in [3.63, 3.8) is 0 Å². The minimum Gasteiger partial charge on any atom is -0.479 e. The molecule has 4 heteroatoms. The van der Waals surface area contributed by atoms with E-state index in [0.29, 0.717) is 12.2 Å². The van der Waals surface area contributed by atoms with Crippen LogP contribution in [0.2, 0.25) is 0 Å². The van der Waals surface area contributed by atoms with E-state index in [1.54, 1.807) is 24.3 Å². The third-order valence-electron chi connectivity index (χ3n) is 1.92. The standard InChI is InChI=1S/C11H11N3O/c12-6-5-11(14)9-1-3-10(4-2-9)15-8-7-13/h1-4,11H,5,8,14H2. The van der Waals surface area contributed by atoms with Crippen molar-refractivity contribution in [1.29, 1.82) is 10.5 Å². The highest BCUT2D eigenvalue weighted by molar-refractivity contribution is 5.29. The number of hydrogen-bond acceptors (Lipinski definition) is 4. The number of nitrogens with zero attached hydrogens (tertiary/aromatic N) is 2. The minimum absolute atomic E-state index is 0.0313. The topological polar surface area (TPSA) is 82.8 Å². The Kier molecular flexibility index (Phi) is 4.15. The molecule has 1 aromatic rings. The normalized spacial score (nSPS) is 11.1. The van der Waals surface area contributed by atoms with E-state index in [4.69, 9.17) is 21.0 Å². The zero-order valence-electron chi connectivity index (χ0n) is 8.18. The Morgan fingerprint density at radius 3 is 2.40 bits per heavy atom. The Hall–Kier alpha value is -2.04. The second-order valence-corrected chi connectivity index (χ2v) is 2.98. The molecule has 15 heavy (non-hydrogen) atoms. The fourth-order valence-electron chi connectivity index (χ4n) is 1.14. The molecule has 0 radical (unpaired) electrons. The van der Waals surface area contributed by atoms with E-state index in [2.05, 4.69) is 0 Å². The largest absolute Gasteiger partial charge is 0.479 e. The second-order valence-electron chi connectivity index (χ2n) is 2.98. The third-order valence-corrected chi connectivity index (χ3v) is 1.92. The Labute approximate surface area is 88.5 Å². The lowest BCUT2D eigenvalue weighted by molar-refractivity contribution is 0.368. The van der Waals surface area contributed by atoms with Crippen LogP contribution in [0, 0.1) is 22.7 Å². The molecule has 0 spiro atoms. The van der Waals surface area contributed by atoms with Crippen molar-refractivity contribution in [3.8, 4) is 17.9 Å². The van der Waals surface area contributed by atoms with Crippen molar-refractivity contribution in [1.82, 2.24) is 0 Å². The maximum Gasteiger partial charge on any atom is 0.174 e. The summed E-state index contributed by atoms with van der Waals surface area (Å²) in [4.78, 5) is 0. The van der Waals surface area contributed by atoms with Crippen molar-refractivity contribution in [2.75, 3.05) is 6.61 Å². The monoisotopic (exact) mass is 201 g/mol. The molecule has 0 aliphatic carbocycles. The molecule has 0 saturated heterocycles. The molecule has 0 aliphatic heterocycles. The molecular weight excluding hydrogens is 190 g/mol. The zero-order valence-corrected chi connectivity index (χ0v) is 8.18. The first-order valence-corrected chi connectivity index (χ1v) is 4.50. The van der Waals surface area contributed by atoms with E-state index in [9.17, 15) is 0 Å². The van der Waals surface area contributed by atoms with E-state index in [1.165, 1.54) is 0 Å². The first-order chi connectivity index (χ1) is 7.27. The van der Waals surface area contributed by atoms with Crippen LogP contribution in [0.3, 0.4) is 0 Å². The summed E-state index contributed by atoms with van der Waals surface area (Å²) in [5.41, 5.74) is 6.63.